The lowest BCUT2D eigenvalue weighted by Gasteiger charge is -2.28. The van der Waals surface area contributed by atoms with Crippen molar-refractivity contribution in [2.75, 3.05) is 14.2 Å². The molecule has 0 aromatic heterocycles. The SMILES string of the molecule is COc1ccc(OC)c(COC2=CC(=O)N(C(=O)OC(C)(C)C)[C@H]2Cc2ccccc2)c1. The van der Waals surface area contributed by atoms with Crippen molar-refractivity contribution in [2.24, 2.45) is 0 Å². The van der Waals surface area contributed by atoms with E-state index >= 15 is 0 Å². The van der Waals surface area contributed by atoms with E-state index in [-0.39, 0.29) is 6.61 Å². The Labute approximate surface area is 188 Å². The van der Waals surface area contributed by atoms with Gasteiger partial charge in [-0.25, -0.2) is 9.69 Å². The molecule has 7 nitrogen and oxygen atoms in total. The number of hydrogen-bond donors (Lipinski definition) is 0. The highest BCUT2D eigenvalue weighted by atomic mass is 16.6. The molecule has 0 fully saturated rings. The summed E-state index contributed by atoms with van der Waals surface area (Å²) in [4.78, 5) is 26.7. The zero-order valence-corrected chi connectivity index (χ0v) is 19.1. The van der Waals surface area contributed by atoms with Gasteiger partial charge in [-0.15, -0.1) is 0 Å². The topological polar surface area (TPSA) is 74.3 Å². The Morgan fingerprint density at radius 2 is 1.75 bits per heavy atom. The van der Waals surface area contributed by atoms with Gasteiger partial charge < -0.3 is 18.9 Å². The molecule has 0 spiro atoms. The predicted molar refractivity (Wildman–Crippen MR) is 119 cm³/mol. The molecule has 1 aliphatic rings. The van der Waals surface area contributed by atoms with E-state index in [1.54, 1.807) is 47.1 Å². The monoisotopic (exact) mass is 439 g/mol. The number of hydrogen-bond acceptors (Lipinski definition) is 6. The Morgan fingerprint density at radius 1 is 1.03 bits per heavy atom. The van der Waals surface area contributed by atoms with Crippen molar-refractivity contribution < 1.29 is 28.5 Å². The molecule has 32 heavy (non-hydrogen) atoms. The summed E-state index contributed by atoms with van der Waals surface area (Å²) in [6, 6.07) is 14.4. The first kappa shape index (κ1) is 23.2. The van der Waals surface area contributed by atoms with Crippen LogP contribution in [-0.4, -0.2) is 42.8 Å². The lowest BCUT2D eigenvalue weighted by molar-refractivity contribution is -0.125. The third-order valence-electron chi connectivity index (χ3n) is 4.89. The van der Waals surface area contributed by atoms with E-state index < -0.39 is 23.6 Å². The van der Waals surface area contributed by atoms with Crippen LogP contribution in [0.3, 0.4) is 0 Å². The van der Waals surface area contributed by atoms with E-state index in [2.05, 4.69) is 0 Å². The fourth-order valence-corrected chi connectivity index (χ4v) is 3.42. The molecule has 0 unspecified atom stereocenters. The fourth-order valence-electron chi connectivity index (χ4n) is 3.42. The molecule has 2 amide bonds. The fraction of sp³-hybridized carbons (Fsp3) is 0.360. The third kappa shape index (κ3) is 5.60. The number of carbonyl (C=O) groups is 2. The molecule has 3 rings (SSSR count). The normalized spacial score (nSPS) is 15.9. The molecule has 7 heteroatoms. The van der Waals surface area contributed by atoms with Gasteiger partial charge in [-0.1, -0.05) is 30.3 Å². The van der Waals surface area contributed by atoms with Gasteiger partial charge in [0, 0.05) is 18.1 Å². The van der Waals surface area contributed by atoms with Crippen LogP contribution in [0.4, 0.5) is 4.79 Å². The maximum atomic E-state index is 12.8. The smallest absolute Gasteiger partial charge is 0.418 e. The first-order chi connectivity index (χ1) is 15.2. The minimum Gasteiger partial charge on any atom is -0.497 e. The number of amides is 2. The Bertz CT molecular complexity index is 993. The van der Waals surface area contributed by atoms with Crippen molar-refractivity contribution in [3.05, 3.63) is 71.5 Å². The van der Waals surface area contributed by atoms with Crippen LogP contribution >= 0.6 is 0 Å². The van der Waals surface area contributed by atoms with Gasteiger partial charge in [0.05, 0.1) is 14.2 Å². The highest BCUT2D eigenvalue weighted by Crippen LogP contribution is 2.30. The zero-order chi connectivity index (χ0) is 23.3. The van der Waals surface area contributed by atoms with Gasteiger partial charge in [0.1, 0.15) is 35.5 Å². The number of carbonyl (C=O) groups excluding carboxylic acids is 2. The van der Waals surface area contributed by atoms with Crippen LogP contribution in [0.25, 0.3) is 0 Å². The van der Waals surface area contributed by atoms with Crippen molar-refractivity contribution in [3.63, 3.8) is 0 Å². The number of benzene rings is 2. The Balaban J connectivity index is 1.85. The number of imide groups is 1. The van der Waals surface area contributed by atoms with Gasteiger partial charge in [0.25, 0.3) is 5.91 Å². The van der Waals surface area contributed by atoms with Crippen molar-refractivity contribution in [2.45, 2.75) is 45.4 Å². The second-order valence-corrected chi connectivity index (χ2v) is 8.41. The van der Waals surface area contributed by atoms with Crippen LogP contribution in [-0.2, 0) is 27.3 Å². The van der Waals surface area contributed by atoms with Gasteiger partial charge in [0.2, 0.25) is 0 Å². The average molecular weight is 440 g/mol. The number of rotatable bonds is 7. The van der Waals surface area contributed by atoms with Gasteiger partial charge in [-0.3, -0.25) is 4.79 Å². The van der Waals surface area contributed by atoms with Gasteiger partial charge >= 0.3 is 6.09 Å². The molecule has 1 atom stereocenters. The van der Waals surface area contributed by atoms with Gasteiger partial charge in [0.15, 0.2) is 0 Å². The number of nitrogens with zero attached hydrogens (tertiary/aromatic N) is 1. The van der Waals surface area contributed by atoms with Crippen LogP contribution in [0, 0.1) is 0 Å². The summed E-state index contributed by atoms with van der Waals surface area (Å²) in [5, 5.41) is 0. The summed E-state index contributed by atoms with van der Waals surface area (Å²) in [5.74, 6) is 1.23. The molecular weight excluding hydrogens is 410 g/mol. The minimum absolute atomic E-state index is 0.146. The van der Waals surface area contributed by atoms with Crippen LogP contribution in [0.15, 0.2) is 60.4 Å². The molecule has 0 aliphatic carbocycles. The molecule has 2 aromatic carbocycles. The summed E-state index contributed by atoms with van der Waals surface area (Å²) in [5.41, 5.74) is 0.996. The third-order valence-corrected chi connectivity index (χ3v) is 4.89. The van der Waals surface area contributed by atoms with Gasteiger partial charge in [-0.05, 0) is 44.5 Å². The Morgan fingerprint density at radius 3 is 2.38 bits per heavy atom. The Kier molecular flexibility index (Phi) is 7.08. The van der Waals surface area contributed by atoms with E-state index in [1.807, 2.05) is 36.4 Å². The average Bonchev–Trinajstić information content (AvgIpc) is 3.06. The maximum Gasteiger partial charge on any atom is 0.418 e. The predicted octanol–water partition coefficient (Wildman–Crippen LogP) is 4.49. The lowest BCUT2D eigenvalue weighted by atomic mass is 10.0. The van der Waals surface area contributed by atoms with E-state index in [0.717, 1.165) is 16.0 Å². The molecule has 0 bridgehead atoms. The molecule has 1 heterocycles. The molecule has 0 saturated carbocycles. The van der Waals surface area contributed by atoms with Crippen molar-refractivity contribution in [1.29, 1.82) is 0 Å². The first-order valence-electron chi connectivity index (χ1n) is 10.4. The molecule has 0 saturated heterocycles. The minimum atomic E-state index is -0.730. The quantitative estimate of drug-likeness (QED) is 0.633. The molecule has 0 N–H and O–H groups in total. The largest absolute Gasteiger partial charge is 0.497 e. The van der Waals surface area contributed by atoms with E-state index in [1.165, 1.54) is 6.08 Å². The summed E-state index contributed by atoms with van der Waals surface area (Å²) in [7, 11) is 3.16. The maximum absolute atomic E-state index is 12.8. The zero-order valence-electron chi connectivity index (χ0n) is 19.1. The lowest BCUT2D eigenvalue weighted by Crippen LogP contribution is -2.44. The van der Waals surface area contributed by atoms with Crippen LogP contribution in [0.1, 0.15) is 31.9 Å². The van der Waals surface area contributed by atoms with Crippen LogP contribution in [0.2, 0.25) is 0 Å². The molecule has 170 valence electrons. The summed E-state index contributed by atoms with van der Waals surface area (Å²) < 4.78 is 22.2. The van der Waals surface area contributed by atoms with Crippen molar-refractivity contribution >= 4 is 12.0 Å². The Hall–Kier alpha value is -3.48. The standard InChI is InChI=1S/C25H29NO6/c1-25(2,3)32-24(28)26-20(13-17-9-7-6-8-10-17)22(15-23(26)27)31-16-18-14-19(29-4)11-12-21(18)30-5/h6-12,14-15,20H,13,16H2,1-5H3/t20-/m0/s1. The van der Waals surface area contributed by atoms with Gasteiger partial charge in [-0.2, -0.15) is 0 Å². The summed E-state index contributed by atoms with van der Waals surface area (Å²) >= 11 is 0. The van der Waals surface area contributed by atoms with E-state index in [0.29, 0.717) is 23.7 Å². The molecule has 1 aliphatic heterocycles. The van der Waals surface area contributed by atoms with Crippen LogP contribution in [0.5, 0.6) is 11.5 Å². The first-order valence-corrected chi connectivity index (χ1v) is 10.4. The summed E-state index contributed by atoms with van der Waals surface area (Å²) in [6.07, 6.45) is 1.06. The molecule has 0 radical (unpaired) electrons. The second kappa shape index (κ2) is 9.77. The highest BCUT2D eigenvalue weighted by molar-refractivity contribution is 6.02. The number of ether oxygens (including phenoxy) is 4. The molecular formula is C25H29NO6. The van der Waals surface area contributed by atoms with Crippen molar-refractivity contribution in [3.8, 4) is 11.5 Å². The second-order valence-electron chi connectivity index (χ2n) is 8.41. The molecule has 2 aromatic rings. The number of methoxy groups -OCH3 is 2. The van der Waals surface area contributed by atoms with E-state index in [9.17, 15) is 9.59 Å². The van der Waals surface area contributed by atoms with Crippen LogP contribution < -0.4 is 9.47 Å². The van der Waals surface area contributed by atoms with Crippen molar-refractivity contribution in [1.82, 2.24) is 4.90 Å². The highest BCUT2D eigenvalue weighted by Gasteiger charge is 2.41. The van der Waals surface area contributed by atoms with E-state index in [4.69, 9.17) is 18.9 Å². The summed E-state index contributed by atoms with van der Waals surface area (Å²) in [6.45, 7) is 5.43.